The molecule has 0 fully saturated rings. The van der Waals surface area contributed by atoms with E-state index in [0.29, 0.717) is 5.92 Å². The number of rotatable bonds is 7. The van der Waals surface area contributed by atoms with Gasteiger partial charge in [-0.1, -0.05) is 32.1 Å². The molecule has 94 valence electrons. The van der Waals surface area contributed by atoms with Gasteiger partial charge in [0.2, 0.25) is 0 Å². The van der Waals surface area contributed by atoms with Crippen LogP contribution >= 0.6 is 12.6 Å². The summed E-state index contributed by atoms with van der Waals surface area (Å²) in [6, 6.07) is 8.32. The Morgan fingerprint density at radius 2 is 2.00 bits per heavy atom. The molecule has 1 atom stereocenters. The third kappa shape index (κ3) is 5.83. The zero-order valence-corrected chi connectivity index (χ0v) is 11.7. The maximum Gasteiger partial charge on any atom is 0.118 e. The van der Waals surface area contributed by atoms with Crippen molar-refractivity contribution in [3.63, 3.8) is 0 Å². The quantitative estimate of drug-likeness (QED) is 0.702. The Bertz CT molecular complexity index is 342. The SMILES string of the molecule is C=C(S)C[C@H](C)CCCc1ccc(OC)cc1. The first-order valence-electron chi connectivity index (χ1n) is 6.11. The summed E-state index contributed by atoms with van der Waals surface area (Å²) in [6.07, 6.45) is 4.60. The van der Waals surface area contributed by atoms with E-state index in [0.717, 1.165) is 23.5 Å². The summed E-state index contributed by atoms with van der Waals surface area (Å²) in [6.45, 7) is 6.09. The lowest BCUT2D eigenvalue weighted by Gasteiger charge is -2.10. The van der Waals surface area contributed by atoms with Crippen molar-refractivity contribution < 1.29 is 4.74 Å². The Morgan fingerprint density at radius 1 is 1.35 bits per heavy atom. The highest BCUT2D eigenvalue weighted by Gasteiger charge is 2.03. The minimum absolute atomic E-state index is 0.679. The molecule has 0 bridgehead atoms. The molecule has 0 aliphatic rings. The molecule has 0 N–H and O–H groups in total. The fourth-order valence-corrected chi connectivity index (χ4v) is 2.26. The zero-order valence-electron chi connectivity index (χ0n) is 10.8. The summed E-state index contributed by atoms with van der Waals surface area (Å²) >= 11 is 4.24. The van der Waals surface area contributed by atoms with Gasteiger partial charge in [-0.05, 0) is 47.8 Å². The monoisotopic (exact) mass is 250 g/mol. The Balaban J connectivity index is 2.28. The molecular formula is C15H22OS. The molecule has 0 radical (unpaired) electrons. The van der Waals surface area contributed by atoms with Crippen molar-refractivity contribution in [2.75, 3.05) is 7.11 Å². The number of methoxy groups -OCH3 is 1. The Labute approximate surface area is 110 Å². The lowest BCUT2D eigenvalue weighted by Crippen LogP contribution is -1.96. The molecule has 17 heavy (non-hydrogen) atoms. The Kier molecular flexibility index (Phi) is 6.20. The third-order valence-corrected chi connectivity index (χ3v) is 3.09. The number of allylic oxidation sites excluding steroid dienone is 1. The Morgan fingerprint density at radius 3 is 2.53 bits per heavy atom. The van der Waals surface area contributed by atoms with Crippen LogP contribution in [0.4, 0.5) is 0 Å². The zero-order chi connectivity index (χ0) is 12.7. The predicted molar refractivity (Wildman–Crippen MR) is 77.8 cm³/mol. The molecule has 1 aromatic rings. The second-order valence-electron chi connectivity index (χ2n) is 4.62. The average Bonchev–Trinajstić information content (AvgIpc) is 2.29. The largest absolute Gasteiger partial charge is 0.497 e. The van der Waals surface area contributed by atoms with Crippen LogP contribution in [0, 0.1) is 5.92 Å². The fourth-order valence-electron chi connectivity index (χ4n) is 1.95. The molecule has 1 nitrogen and oxygen atoms in total. The molecule has 0 unspecified atom stereocenters. The van der Waals surface area contributed by atoms with Crippen molar-refractivity contribution >= 4 is 12.6 Å². The highest BCUT2D eigenvalue weighted by atomic mass is 32.1. The normalized spacial score (nSPS) is 12.2. The van der Waals surface area contributed by atoms with Gasteiger partial charge >= 0.3 is 0 Å². The van der Waals surface area contributed by atoms with Gasteiger partial charge in [0, 0.05) is 0 Å². The van der Waals surface area contributed by atoms with E-state index in [2.05, 4.69) is 38.3 Å². The number of hydrogen-bond acceptors (Lipinski definition) is 2. The standard InChI is InChI=1S/C15H22OS/c1-12(11-13(2)17)5-4-6-14-7-9-15(16-3)10-8-14/h7-10,12,17H,2,4-6,11H2,1,3H3/t12-/m1/s1. The van der Waals surface area contributed by atoms with Crippen LogP contribution < -0.4 is 4.74 Å². The van der Waals surface area contributed by atoms with Crippen molar-refractivity contribution in [3.8, 4) is 5.75 Å². The van der Waals surface area contributed by atoms with Crippen molar-refractivity contribution in [1.82, 2.24) is 0 Å². The van der Waals surface area contributed by atoms with Crippen LogP contribution in [0.25, 0.3) is 0 Å². The van der Waals surface area contributed by atoms with Gasteiger partial charge in [0.1, 0.15) is 5.75 Å². The second kappa shape index (κ2) is 7.44. The molecule has 1 rings (SSSR count). The minimum atomic E-state index is 0.679. The van der Waals surface area contributed by atoms with E-state index in [1.54, 1.807) is 7.11 Å². The molecule has 2 heteroatoms. The first kappa shape index (κ1) is 14.2. The van der Waals surface area contributed by atoms with E-state index < -0.39 is 0 Å². The van der Waals surface area contributed by atoms with Gasteiger partial charge in [-0.25, -0.2) is 0 Å². The second-order valence-corrected chi connectivity index (χ2v) is 5.25. The first-order valence-corrected chi connectivity index (χ1v) is 6.56. The van der Waals surface area contributed by atoms with E-state index in [1.165, 1.54) is 18.4 Å². The molecule has 0 heterocycles. The van der Waals surface area contributed by atoms with Gasteiger partial charge in [-0.15, -0.1) is 12.6 Å². The number of aryl methyl sites for hydroxylation is 1. The molecular weight excluding hydrogens is 228 g/mol. The lowest BCUT2D eigenvalue weighted by atomic mass is 9.98. The van der Waals surface area contributed by atoms with Crippen molar-refractivity contribution in [2.24, 2.45) is 5.92 Å². The topological polar surface area (TPSA) is 9.23 Å². The van der Waals surface area contributed by atoms with Crippen molar-refractivity contribution in [1.29, 1.82) is 0 Å². The van der Waals surface area contributed by atoms with Crippen LogP contribution in [0.5, 0.6) is 5.75 Å². The fraction of sp³-hybridized carbons (Fsp3) is 0.467. The van der Waals surface area contributed by atoms with Gasteiger partial charge < -0.3 is 4.74 Å². The lowest BCUT2D eigenvalue weighted by molar-refractivity contribution is 0.414. The number of benzene rings is 1. The number of hydrogen-bond donors (Lipinski definition) is 1. The van der Waals surface area contributed by atoms with Crippen LogP contribution in [0.1, 0.15) is 31.7 Å². The van der Waals surface area contributed by atoms with Crippen molar-refractivity contribution in [2.45, 2.75) is 32.6 Å². The molecule has 0 saturated carbocycles. The maximum absolute atomic E-state index is 5.14. The first-order chi connectivity index (χ1) is 8.11. The maximum atomic E-state index is 5.14. The van der Waals surface area contributed by atoms with Gasteiger partial charge in [0.25, 0.3) is 0 Å². The summed E-state index contributed by atoms with van der Waals surface area (Å²) in [5.74, 6) is 1.60. The molecule has 0 aliphatic heterocycles. The van der Waals surface area contributed by atoms with E-state index >= 15 is 0 Å². The van der Waals surface area contributed by atoms with Gasteiger partial charge in [-0.2, -0.15) is 0 Å². The summed E-state index contributed by atoms with van der Waals surface area (Å²) in [7, 11) is 1.70. The molecule has 1 aromatic carbocycles. The molecule has 0 aliphatic carbocycles. The highest BCUT2D eigenvalue weighted by Crippen LogP contribution is 2.19. The van der Waals surface area contributed by atoms with Crippen LogP contribution in [-0.2, 0) is 6.42 Å². The summed E-state index contributed by atoms with van der Waals surface area (Å²) in [5.41, 5.74) is 1.38. The van der Waals surface area contributed by atoms with Crippen molar-refractivity contribution in [3.05, 3.63) is 41.3 Å². The van der Waals surface area contributed by atoms with Gasteiger partial charge in [0.15, 0.2) is 0 Å². The minimum Gasteiger partial charge on any atom is -0.497 e. The van der Waals surface area contributed by atoms with E-state index in [-0.39, 0.29) is 0 Å². The van der Waals surface area contributed by atoms with Crippen LogP contribution in [0.15, 0.2) is 35.7 Å². The molecule has 0 spiro atoms. The summed E-state index contributed by atoms with van der Waals surface area (Å²) in [4.78, 5) is 0.988. The van der Waals surface area contributed by atoms with E-state index in [1.807, 2.05) is 12.1 Å². The smallest absolute Gasteiger partial charge is 0.118 e. The van der Waals surface area contributed by atoms with Crippen LogP contribution in [0.3, 0.4) is 0 Å². The van der Waals surface area contributed by atoms with Gasteiger partial charge in [-0.3, -0.25) is 0 Å². The van der Waals surface area contributed by atoms with E-state index in [9.17, 15) is 0 Å². The third-order valence-electron chi connectivity index (χ3n) is 2.91. The average molecular weight is 250 g/mol. The molecule has 0 saturated heterocycles. The molecule has 0 aromatic heterocycles. The van der Waals surface area contributed by atoms with E-state index in [4.69, 9.17) is 4.74 Å². The highest BCUT2D eigenvalue weighted by molar-refractivity contribution is 7.84. The van der Waals surface area contributed by atoms with Gasteiger partial charge in [0.05, 0.1) is 7.11 Å². The summed E-state index contributed by atoms with van der Waals surface area (Å²) in [5, 5.41) is 0. The van der Waals surface area contributed by atoms with Crippen LogP contribution in [0.2, 0.25) is 0 Å². The number of thiol groups is 1. The van der Waals surface area contributed by atoms with Crippen LogP contribution in [-0.4, -0.2) is 7.11 Å². The predicted octanol–water partition coefficient (Wildman–Crippen LogP) is 4.49. The molecule has 0 amide bonds. The summed E-state index contributed by atoms with van der Waals surface area (Å²) < 4.78 is 5.14. The Hall–Kier alpha value is -0.890. The number of ether oxygens (including phenoxy) is 1.